The third-order valence-electron chi connectivity index (χ3n) is 6.82. The van der Waals surface area contributed by atoms with Gasteiger partial charge in [0.15, 0.2) is 0 Å². The molecule has 4 amide bonds. The highest BCUT2D eigenvalue weighted by Gasteiger charge is 2.45. The van der Waals surface area contributed by atoms with E-state index in [-0.39, 0.29) is 24.8 Å². The van der Waals surface area contributed by atoms with Crippen LogP contribution in [0.15, 0.2) is 48.5 Å². The highest BCUT2D eigenvalue weighted by atomic mass is 16.2. The lowest BCUT2D eigenvalue weighted by atomic mass is 9.86. The molecule has 3 aliphatic rings. The lowest BCUT2D eigenvalue weighted by Gasteiger charge is -2.33. The summed E-state index contributed by atoms with van der Waals surface area (Å²) in [6.45, 7) is 2.19. The van der Waals surface area contributed by atoms with Gasteiger partial charge in [-0.05, 0) is 36.6 Å². The fraction of sp³-hybridized carbons (Fsp3) is 0.360. The van der Waals surface area contributed by atoms with Gasteiger partial charge in [0.25, 0.3) is 11.8 Å². The number of carbonyl (C=O) groups excluding carboxylic acids is 4. The zero-order valence-corrected chi connectivity index (χ0v) is 18.2. The van der Waals surface area contributed by atoms with E-state index >= 15 is 0 Å². The Morgan fingerprint density at radius 2 is 1.76 bits per heavy atom. The molecule has 3 N–H and O–H groups in total. The predicted octanol–water partition coefficient (Wildman–Crippen LogP) is 1.32. The molecule has 0 spiro atoms. The average molecular weight is 447 g/mol. The molecule has 2 fully saturated rings. The van der Waals surface area contributed by atoms with Gasteiger partial charge in [-0.3, -0.25) is 29.4 Å². The maximum atomic E-state index is 13.3. The number of hydrogen-bond acceptors (Lipinski definition) is 6. The van der Waals surface area contributed by atoms with Crippen molar-refractivity contribution in [2.45, 2.75) is 43.8 Å². The van der Waals surface area contributed by atoms with Crippen LogP contribution in [0.25, 0.3) is 0 Å². The van der Waals surface area contributed by atoms with E-state index in [9.17, 15) is 19.2 Å². The summed E-state index contributed by atoms with van der Waals surface area (Å²) in [5.74, 6) is -1.58. The van der Waals surface area contributed by atoms with E-state index in [1.54, 1.807) is 12.1 Å². The third-order valence-corrected chi connectivity index (χ3v) is 6.82. The van der Waals surface area contributed by atoms with Crippen LogP contribution >= 0.6 is 0 Å². The molecule has 170 valence electrons. The molecule has 0 aromatic heterocycles. The summed E-state index contributed by atoms with van der Waals surface area (Å²) < 4.78 is 0. The molecule has 3 aliphatic heterocycles. The van der Waals surface area contributed by atoms with Crippen molar-refractivity contribution in [1.82, 2.24) is 20.9 Å². The van der Waals surface area contributed by atoms with Crippen molar-refractivity contribution in [2.75, 3.05) is 13.1 Å². The second-order valence-corrected chi connectivity index (χ2v) is 8.78. The number of piperidine rings is 2. The van der Waals surface area contributed by atoms with Gasteiger partial charge in [0.05, 0.1) is 11.1 Å². The second-order valence-electron chi connectivity index (χ2n) is 8.78. The fourth-order valence-electron chi connectivity index (χ4n) is 5.15. The molecule has 8 nitrogen and oxygen atoms in total. The van der Waals surface area contributed by atoms with Gasteiger partial charge >= 0.3 is 0 Å². The largest absolute Gasteiger partial charge is 0.315 e. The van der Waals surface area contributed by atoms with Gasteiger partial charge in [-0.2, -0.15) is 0 Å². The minimum Gasteiger partial charge on any atom is -0.315 e. The average Bonchev–Trinajstić information content (AvgIpc) is 3.09. The van der Waals surface area contributed by atoms with Crippen LogP contribution in [0.4, 0.5) is 0 Å². The highest BCUT2D eigenvalue weighted by Crippen LogP contribution is 2.31. The summed E-state index contributed by atoms with van der Waals surface area (Å²) in [4.78, 5) is 51.2. The van der Waals surface area contributed by atoms with Crippen molar-refractivity contribution in [1.29, 1.82) is 0 Å². The molecule has 8 heteroatoms. The summed E-state index contributed by atoms with van der Waals surface area (Å²) in [5, 5.41) is 9.26. The number of amides is 4. The summed E-state index contributed by atoms with van der Waals surface area (Å²) in [7, 11) is 0. The van der Waals surface area contributed by atoms with Gasteiger partial charge < -0.3 is 10.6 Å². The standard InChI is InChI=1S/C25H26N4O4/c30-21-10-9-20(23(31)28-21)29-24(32)18-8-4-7-16(22(18)25(29)33)13-27-19-14-26-12-11-17(19)15-5-2-1-3-6-15/h1-8,17,19-20,26-27H,9-14H2,(H,28,30,31). The van der Waals surface area contributed by atoms with E-state index in [1.165, 1.54) is 5.56 Å². The molecular formula is C25H26N4O4. The van der Waals surface area contributed by atoms with Crippen molar-refractivity contribution < 1.29 is 19.2 Å². The van der Waals surface area contributed by atoms with Gasteiger partial charge in [-0.1, -0.05) is 42.5 Å². The first-order valence-electron chi connectivity index (χ1n) is 11.4. The molecule has 33 heavy (non-hydrogen) atoms. The van der Waals surface area contributed by atoms with E-state index in [2.05, 4.69) is 28.1 Å². The first-order chi connectivity index (χ1) is 16.0. The van der Waals surface area contributed by atoms with Crippen molar-refractivity contribution in [3.05, 3.63) is 70.8 Å². The number of hydrogen-bond donors (Lipinski definition) is 3. The molecule has 0 aliphatic carbocycles. The molecule has 0 radical (unpaired) electrons. The van der Waals surface area contributed by atoms with E-state index in [0.717, 1.165) is 30.0 Å². The molecule has 3 atom stereocenters. The number of rotatable bonds is 5. The normalized spacial score (nSPS) is 25.2. The lowest BCUT2D eigenvalue weighted by molar-refractivity contribution is -0.136. The summed E-state index contributed by atoms with van der Waals surface area (Å²) in [5.41, 5.74) is 2.67. The predicted molar refractivity (Wildman–Crippen MR) is 120 cm³/mol. The highest BCUT2D eigenvalue weighted by molar-refractivity contribution is 6.24. The van der Waals surface area contributed by atoms with Gasteiger partial charge in [0.1, 0.15) is 6.04 Å². The van der Waals surface area contributed by atoms with Gasteiger partial charge in [-0.15, -0.1) is 0 Å². The zero-order valence-electron chi connectivity index (χ0n) is 18.2. The van der Waals surface area contributed by atoms with Crippen molar-refractivity contribution in [3.63, 3.8) is 0 Å². The Hall–Kier alpha value is -3.36. The summed E-state index contributed by atoms with van der Waals surface area (Å²) in [6.07, 6.45) is 1.26. The third kappa shape index (κ3) is 3.96. The monoisotopic (exact) mass is 446 g/mol. The van der Waals surface area contributed by atoms with Gasteiger partial charge in [-0.25, -0.2) is 0 Å². The quantitative estimate of drug-likeness (QED) is 0.598. The molecule has 3 heterocycles. The number of imide groups is 2. The Balaban J connectivity index is 1.36. The number of nitrogens with one attached hydrogen (secondary N) is 3. The second kappa shape index (κ2) is 8.88. The molecule has 2 saturated heterocycles. The Morgan fingerprint density at radius 1 is 0.939 bits per heavy atom. The smallest absolute Gasteiger partial charge is 0.262 e. The fourth-order valence-corrected chi connectivity index (χ4v) is 5.15. The number of carbonyl (C=O) groups is 4. The minimum atomic E-state index is -0.957. The van der Waals surface area contributed by atoms with Crippen LogP contribution in [0.3, 0.4) is 0 Å². The Labute approximate surface area is 191 Å². The molecule has 0 saturated carbocycles. The van der Waals surface area contributed by atoms with Gasteiger partial charge in [0.2, 0.25) is 11.8 Å². The topological polar surface area (TPSA) is 108 Å². The maximum absolute atomic E-state index is 13.3. The molecule has 2 aromatic rings. The first-order valence-corrected chi connectivity index (χ1v) is 11.4. The Bertz CT molecular complexity index is 1120. The molecule has 0 bridgehead atoms. The minimum absolute atomic E-state index is 0.105. The number of nitrogens with zero attached hydrogens (tertiary/aromatic N) is 1. The van der Waals surface area contributed by atoms with Crippen LogP contribution in [-0.2, 0) is 16.1 Å². The van der Waals surface area contributed by atoms with Crippen LogP contribution in [0.5, 0.6) is 0 Å². The SMILES string of the molecule is O=C1CCC(N2C(=O)c3cccc(CNC4CNCCC4c4ccccc4)c3C2=O)C(=O)N1. The van der Waals surface area contributed by atoms with Crippen LogP contribution in [0.1, 0.15) is 57.0 Å². The van der Waals surface area contributed by atoms with E-state index in [1.807, 2.05) is 24.3 Å². The first kappa shape index (κ1) is 21.5. The Kier molecular flexibility index (Phi) is 5.78. The Morgan fingerprint density at radius 3 is 2.55 bits per heavy atom. The van der Waals surface area contributed by atoms with Crippen molar-refractivity contribution in [2.24, 2.45) is 0 Å². The van der Waals surface area contributed by atoms with Crippen molar-refractivity contribution >= 4 is 23.6 Å². The maximum Gasteiger partial charge on any atom is 0.262 e. The van der Waals surface area contributed by atoms with Crippen LogP contribution in [-0.4, -0.2) is 53.7 Å². The van der Waals surface area contributed by atoms with Crippen LogP contribution < -0.4 is 16.0 Å². The lowest BCUT2D eigenvalue weighted by Crippen LogP contribution is -2.54. The van der Waals surface area contributed by atoms with Gasteiger partial charge in [0, 0.05) is 31.5 Å². The van der Waals surface area contributed by atoms with E-state index < -0.39 is 23.8 Å². The molecule has 3 unspecified atom stereocenters. The van der Waals surface area contributed by atoms with E-state index in [4.69, 9.17) is 0 Å². The van der Waals surface area contributed by atoms with Crippen LogP contribution in [0.2, 0.25) is 0 Å². The van der Waals surface area contributed by atoms with Crippen LogP contribution in [0, 0.1) is 0 Å². The summed E-state index contributed by atoms with van der Waals surface area (Å²) in [6, 6.07) is 14.9. The number of fused-ring (bicyclic) bond motifs is 1. The molecule has 5 rings (SSSR count). The summed E-state index contributed by atoms with van der Waals surface area (Å²) >= 11 is 0. The molecular weight excluding hydrogens is 420 g/mol. The van der Waals surface area contributed by atoms with Crippen molar-refractivity contribution in [3.8, 4) is 0 Å². The number of benzene rings is 2. The molecule has 2 aromatic carbocycles. The zero-order chi connectivity index (χ0) is 22.9. The van der Waals surface area contributed by atoms with E-state index in [0.29, 0.717) is 23.6 Å².